The molecule has 3 N–H and O–H groups in total. The van der Waals surface area contributed by atoms with Crippen molar-refractivity contribution in [2.45, 2.75) is 18.9 Å². The summed E-state index contributed by atoms with van der Waals surface area (Å²) in [5, 5.41) is 3.22. The first-order chi connectivity index (χ1) is 9.65. The minimum absolute atomic E-state index is 0.211. The Morgan fingerprint density at radius 2 is 2.15 bits per heavy atom. The number of benzene rings is 1. The molecule has 0 saturated carbocycles. The maximum atomic E-state index is 11.5. The van der Waals surface area contributed by atoms with Crippen molar-refractivity contribution in [3.63, 3.8) is 0 Å². The molecule has 2 aliphatic heterocycles. The number of amides is 1. The SMILES string of the molecule is NC1C(=O)Nc2cc(OCC3CCOCC3)c(Cl)cc21. The summed E-state index contributed by atoms with van der Waals surface area (Å²) in [7, 11) is 0. The number of carbonyl (C=O) groups is 1. The summed E-state index contributed by atoms with van der Waals surface area (Å²) in [6.07, 6.45) is 2.01. The van der Waals surface area contributed by atoms with Gasteiger partial charge in [-0.3, -0.25) is 4.79 Å². The maximum Gasteiger partial charge on any atom is 0.245 e. The summed E-state index contributed by atoms with van der Waals surface area (Å²) in [6, 6.07) is 2.81. The highest BCUT2D eigenvalue weighted by molar-refractivity contribution is 6.32. The molecule has 6 heteroatoms. The van der Waals surface area contributed by atoms with Crippen LogP contribution < -0.4 is 15.8 Å². The molecule has 3 rings (SSSR count). The Bertz CT molecular complexity index is 529. The Balaban J connectivity index is 1.71. The molecule has 1 atom stereocenters. The highest BCUT2D eigenvalue weighted by atomic mass is 35.5. The van der Waals surface area contributed by atoms with E-state index in [0.717, 1.165) is 31.6 Å². The van der Waals surface area contributed by atoms with Crippen LogP contribution in [-0.4, -0.2) is 25.7 Å². The molecule has 1 aromatic carbocycles. The second kappa shape index (κ2) is 5.60. The van der Waals surface area contributed by atoms with E-state index in [4.69, 9.17) is 26.8 Å². The lowest BCUT2D eigenvalue weighted by Crippen LogP contribution is -2.21. The van der Waals surface area contributed by atoms with Gasteiger partial charge in [0.15, 0.2) is 0 Å². The minimum atomic E-state index is -0.646. The second-order valence-electron chi connectivity index (χ2n) is 5.20. The molecule has 0 aliphatic carbocycles. The number of rotatable bonds is 3. The van der Waals surface area contributed by atoms with Crippen molar-refractivity contribution >= 4 is 23.2 Å². The number of anilines is 1. The molecule has 0 spiro atoms. The van der Waals surface area contributed by atoms with Crippen molar-refractivity contribution in [1.82, 2.24) is 0 Å². The normalized spacial score (nSPS) is 22.5. The number of hydrogen-bond donors (Lipinski definition) is 2. The van der Waals surface area contributed by atoms with E-state index in [1.165, 1.54) is 0 Å². The third-order valence-electron chi connectivity index (χ3n) is 3.79. The van der Waals surface area contributed by atoms with Gasteiger partial charge < -0.3 is 20.5 Å². The molecule has 1 amide bonds. The first-order valence-corrected chi connectivity index (χ1v) is 7.13. The first kappa shape index (κ1) is 13.7. The van der Waals surface area contributed by atoms with Gasteiger partial charge in [-0.2, -0.15) is 0 Å². The first-order valence-electron chi connectivity index (χ1n) is 6.75. The fourth-order valence-electron chi connectivity index (χ4n) is 2.52. The average Bonchev–Trinajstić information content (AvgIpc) is 2.73. The van der Waals surface area contributed by atoms with E-state index in [1.54, 1.807) is 12.1 Å². The second-order valence-corrected chi connectivity index (χ2v) is 5.61. The van der Waals surface area contributed by atoms with Crippen LogP contribution in [-0.2, 0) is 9.53 Å². The van der Waals surface area contributed by atoms with Gasteiger partial charge in [0, 0.05) is 30.5 Å². The van der Waals surface area contributed by atoms with Crippen LogP contribution in [0.2, 0.25) is 5.02 Å². The molecule has 2 heterocycles. The van der Waals surface area contributed by atoms with Crippen molar-refractivity contribution in [1.29, 1.82) is 0 Å². The van der Waals surface area contributed by atoms with Gasteiger partial charge in [-0.25, -0.2) is 0 Å². The van der Waals surface area contributed by atoms with E-state index >= 15 is 0 Å². The van der Waals surface area contributed by atoms with Crippen molar-refractivity contribution in [2.75, 3.05) is 25.1 Å². The Kier molecular flexibility index (Phi) is 3.83. The maximum absolute atomic E-state index is 11.5. The zero-order valence-electron chi connectivity index (χ0n) is 11.0. The summed E-state index contributed by atoms with van der Waals surface area (Å²) >= 11 is 6.19. The van der Waals surface area contributed by atoms with Gasteiger partial charge in [-0.15, -0.1) is 0 Å². The third-order valence-corrected chi connectivity index (χ3v) is 4.09. The van der Waals surface area contributed by atoms with Crippen LogP contribution in [0.5, 0.6) is 5.75 Å². The van der Waals surface area contributed by atoms with E-state index in [0.29, 0.717) is 29.0 Å². The van der Waals surface area contributed by atoms with Crippen LogP contribution in [0.15, 0.2) is 12.1 Å². The molecule has 2 aliphatic rings. The molecule has 108 valence electrons. The Morgan fingerprint density at radius 3 is 2.90 bits per heavy atom. The van der Waals surface area contributed by atoms with Gasteiger partial charge in [0.2, 0.25) is 5.91 Å². The fraction of sp³-hybridized carbons (Fsp3) is 0.500. The zero-order chi connectivity index (χ0) is 14.1. The summed E-state index contributed by atoms with van der Waals surface area (Å²) in [4.78, 5) is 11.5. The highest BCUT2D eigenvalue weighted by Crippen LogP contribution is 2.38. The molecular formula is C14H17ClN2O3. The van der Waals surface area contributed by atoms with Crippen molar-refractivity contribution in [2.24, 2.45) is 11.7 Å². The molecule has 5 nitrogen and oxygen atoms in total. The smallest absolute Gasteiger partial charge is 0.245 e. The molecule has 1 unspecified atom stereocenters. The molecule has 1 aromatic rings. The molecule has 0 bridgehead atoms. The van der Waals surface area contributed by atoms with Crippen molar-refractivity contribution < 1.29 is 14.3 Å². The number of fused-ring (bicyclic) bond motifs is 1. The number of ether oxygens (including phenoxy) is 2. The van der Waals surface area contributed by atoms with Crippen LogP contribution >= 0.6 is 11.6 Å². The highest BCUT2D eigenvalue weighted by Gasteiger charge is 2.28. The van der Waals surface area contributed by atoms with E-state index in [-0.39, 0.29) is 5.91 Å². The topological polar surface area (TPSA) is 73.6 Å². The third kappa shape index (κ3) is 2.61. The Hall–Kier alpha value is -1.30. The fourth-order valence-corrected chi connectivity index (χ4v) is 2.74. The Morgan fingerprint density at radius 1 is 1.40 bits per heavy atom. The van der Waals surface area contributed by atoms with Gasteiger partial charge >= 0.3 is 0 Å². The lowest BCUT2D eigenvalue weighted by atomic mass is 10.0. The average molecular weight is 297 g/mol. The van der Waals surface area contributed by atoms with Crippen LogP contribution in [0, 0.1) is 5.92 Å². The van der Waals surface area contributed by atoms with E-state index in [1.807, 2.05) is 0 Å². The van der Waals surface area contributed by atoms with Crippen LogP contribution in [0.4, 0.5) is 5.69 Å². The van der Waals surface area contributed by atoms with E-state index < -0.39 is 6.04 Å². The molecule has 20 heavy (non-hydrogen) atoms. The number of carbonyl (C=O) groups excluding carboxylic acids is 1. The van der Waals surface area contributed by atoms with Gasteiger partial charge in [-0.05, 0) is 24.8 Å². The quantitative estimate of drug-likeness (QED) is 0.896. The number of halogens is 1. The number of nitrogens with two attached hydrogens (primary N) is 1. The zero-order valence-corrected chi connectivity index (χ0v) is 11.8. The molecule has 1 saturated heterocycles. The van der Waals surface area contributed by atoms with Crippen LogP contribution in [0.3, 0.4) is 0 Å². The van der Waals surface area contributed by atoms with Gasteiger partial charge in [0.25, 0.3) is 0 Å². The molecule has 0 aromatic heterocycles. The van der Waals surface area contributed by atoms with Gasteiger partial charge in [0.1, 0.15) is 11.8 Å². The largest absolute Gasteiger partial charge is 0.492 e. The van der Waals surface area contributed by atoms with Gasteiger partial charge in [0.05, 0.1) is 11.6 Å². The van der Waals surface area contributed by atoms with Crippen LogP contribution in [0.25, 0.3) is 0 Å². The standard InChI is InChI=1S/C14H17ClN2O3/c15-10-5-9-11(17-14(18)13(9)16)6-12(10)20-7-8-1-3-19-4-2-8/h5-6,8,13H,1-4,7,16H2,(H,17,18). The number of nitrogens with one attached hydrogen (secondary N) is 1. The summed E-state index contributed by atoms with van der Waals surface area (Å²) < 4.78 is 11.1. The molecule has 1 fully saturated rings. The van der Waals surface area contributed by atoms with Crippen LogP contribution in [0.1, 0.15) is 24.4 Å². The van der Waals surface area contributed by atoms with E-state index in [9.17, 15) is 4.79 Å². The Labute approximate surface area is 122 Å². The van der Waals surface area contributed by atoms with E-state index in [2.05, 4.69) is 5.32 Å². The lowest BCUT2D eigenvalue weighted by molar-refractivity contribution is -0.116. The lowest BCUT2D eigenvalue weighted by Gasteiger charge is -2.22. The number of hydrogen-bond acceptors (Lipinski definition) is 4. The van der Waals surface area contributed by atoms with Crippen molar-refractivity contribution in [3.8, 4) is 5.75 Å². The summed E-state index contributed by atoms with van der Waals surface area (Å²) in [6.45, 7) is 2.19. The molecular weight excluding hydrogens is 280 g/mol. The monoisotopic (exact) mass is 296 g/mol. The predicted molar refractivity (Wildman–Crippen MR) is 76.0 cm³/mol. The predicted octanol–water partition coefficient (Wildman–Crippen LogP) is 2.10. The summed E-state index contributed by atoms with van der Waals surface area (Å²) in [5.74, 6) is 0.869. The van der Waals surface area contributed by atoms with Gasteiger partial charge in [-0.1, -0.05) is 11.6 Å². The minimum Gasteiger partial charge on any atom is -0.492 e. The van der Waals surface area contributed by atoms with Crippen molar-refractivity contribution in [3.05, 3.63) is 22.7 Å². The summed E-state index contributed by atoms with van der Waals surface area (Å²) in [5.41, 5.74) is 7.18. The molecule has 0 radical (unpaired) electrons.